The minimum atomic E-state index is -0.943. The molecule has 0 aliphatic carbocycles. The van der Waals surface area contributed by atoms with Gasteiger partial charge in [0.25, 0.3) is 0 Å². The van der Waals surface area contributed by atoms with E-state index in [4.69, 9.17) is 5.11 Å². The second-order valence-corrected chi connectivity index (χ2v) is 3.13. The Balaban J connectivity index is 2.43. The van der Waals surface area contributed by atoms with Gasteiger partial charge in [-0.2, -0.15) is 0 Å². The lowest BCUT2D eigenvalue weighted by Crippen LogP contribution is -1.85. The lowest BCUT2D eigenvalue weighted by Gasteiger charge is -1.97. The summed E-state index contributed by atoms with van der Waals surface area (Å²) in [5.41, 5.74) is 1.77. The van der Waals surface area contributed by atoms with Gasteiger partial charge in [0.05, 0.1) is 5.52 Å². The molecule has 1 heterocycles. The summed E-state index contributed by atoms with van der Waals surface area (Å²) in [4.78, 5) is 14.5. The molecule has 0 saturated carbocycles. The van der Waals surface area contributed by atoms with E-state index in [0.717, 1.165) is 22.5 Å². The van der Waals surface area contributed by atoms with Gasteiger partial charge in [-0.3, -0.25) is 4.98 Å². The molecule has 74 valence electrons. The number of benzene rings is 1. The maximum atomic E-state index is 10.3. The van der Waals surface area contributed by atoms with Gasteiger partial charge in [0.1, 0.15) is 0 Å². The minimum Gasteiger partial charge on any atom is -0.478 e. The number of aromatic nitrogens is 1. The van der Waals surface area contributed by atoms with Crippen molar-refractivity contribution in [2.75, 3.05) is 0 Å². The molecule has 3 heteroatoms. The van der Waals surface area contributed by atoms with Crippen LogP contribution < -0.4 is 0 Å². The van der Waals surface area contributed by atoms with Crippen molar-refractivity contribution in [3.63, 3.8) is 0 Å². The molecule has 0 aliphatic heterocycles. The Labute approximate surface area is 86.7 Å². The van der Waals surface area contributed by atoms with Crippen molar-refractivity contribution in [3.8, 4) is 0 Å². The van der Waals surface area contributed by atoms with Crippen LogP contribution in [0.3, 0.4) is 0 Å². The maximum Gasteiger partial charge on any atom is 0.328 e. The van der Waals surface area contributed by atoms with E-state index >= 15 is 0 Å². The van der Waals surface area contributed by atoms with Crippen LogP contribution in [0.25, 0.3) is 17.0 Å². The maximum absolute atomic E-state index is 10.3. The third-order valence-electron chi connectivity index (χ3n) is 2.05. The number of pyridine rings is 1. The van der Waals surface area contributed by atoms with Crippen LogP contribution in [0.2, 0.25) is 0 Å². The first-order valence-corrected chi connectivity index (χ1v) is 4.51. The number of rotatable bonds is 2. The van der Waals surface area contributed by atoms with Gasteiger partial charge in [-0.05, 0) is 29.8 Å². The van der Waals surface area contributed by atoms with E-state index in [1.807, 2.05) is 30.3 Å². The summed E-state index contributed by atoms with van der Waals surface area (Å²) >= 11 is 0. The SMILES string of the molecule is O=C(O)/C=C\c1ccc2ncccc2c1. The van der Waals surface area contributed by atoms with E-state index < -0.39 is 5.97 Å². The Morgan fingerprint density at radius 2 is 2.20 bits per heavy atom. The lowest BCUT2D eigenvalue weighted by molar-refractivity contribution is -0.131. The van der Waals surface area contributed by atoms with Crippen molar-refractivity contribution in [3.05, 3.63) is 48.2 Å². The van der Waals surface area contributed by atoms with Crippen LogP contribution in [0.15, 0.2) is 42.6 Å². The third-order valence-corrected chi connectivity index (χ3v) is 2.05. The number of hydrogen-bond acceptors (Lipinski definition) is 2. The summed E-state index contributed by atoms with van der Waals surface area (Å²) in [7, 11) is 0. The first-order valence-electron chi connectivity index (χ1n) is 4.51. The van der Waals surface area contributed by atoms with Crippen molar-refractivity contribution < 1.29 is 9.90 Å². The summed E-state index contributed by atoms with van der Waals surface area (Å²) in [6, 6.07) is 9.42. The van der Waals surface area contributed by atoms with E-state index in [1.54, 1.807) is 12.3 Å². The Morgan fingerprint density at radius 3 is 3.00 bits per heavy atom. The predicted molar refractivity (Wildman–Crippen MR) is 58.4 cm³/mol. The molecule has 0 bridgehead atoms. The number of nitrogens with zero attached hydrogens (tertiary/aromatic N) is 1. The molecule has 0 saturated heterocycles. The summed E-state index contributed by atoms with van der Waals surface area (Å²) in [5, 5.41) is 9.49. The molecule has 0 unspecified atom stereocenters. The fraction of sp³-hybridized carbons (Fsp3) is 0. The van der Waals surface area contributed by atoms with Gasteiger partial charge in [0.15, 0.2) is 0 Å². The number of hydrogen-bond donors (Lipinski definition) is 1. The highest BCUT2D eigenvalue weighted by Gasteiger charge is 1.94. The lowest BCUT2D eigenvalue weighted by atomic mass is 10.1. The van der Waals surface area contributed by atoms with Crippen LogP contribution in [0, 0.1) is 0 Å². The summed E-state index contributed by atoms with van der Waals surface area (Å²) in [6.45, 7) is 0. The fourth-order valence-electron chi connectivity index (χ4n) is 1.37. The van der Waals surface area contributed by atoms with E-state index in [0.29, 0.717) is 0 Å². The van der Waals surface area contributed by atoms with Crippen molar-refractivity contribution in [1.29, 1.82) is 0 Å². The Morgan fingerprint density at radius 1 is 1.33 bits per heavy atom. The molecular formula is C12H9NO2. The average Bonchev–Trinajstić information content (AvgIpc) is 2.26. The van der Waals surface area contributed by atoms with Crippen LogP contribution >= 0.6 is 0 Å². The van der Waals surface area contributed by atoms with Gasteiger partial charge in [0, 0.05) is 17.7 Å². The molecule has 1 aromatic heterocycles. The van der Waals surface area contributed by atoms with E-state index in [1.165, 1.54) is 0 Å². The largest absolute Gasteiger partial charge is 0.478 e. The second kappa shape index (κ2) is 3.92. The van der Waals surface area contributed by atoms with E-state index in [2.05, 4.69) is 4.98 Å². The number of carboxylic acid groups (broad SMARTS) is 1. The zero-order chi connectivity index (χ0) is 10.7. The van der Waals surface area contributed by atoms with Gasteiger partial charge < -0.3 is 5.11 Å². The average molecular weight is 199 g/mol. The summed E-state index contributed by atoms with van der Waals surface area (Å²) in [5.74, 6) is -0.943. The van der Waals surface area contributed by atoms with Gasteiger partial charge in [0.2, 0.25) is 0 Å². The Bertz CT molecular complexity index is 532. The molecule has 0 radical (unpaired) electrons. The van der Waals surface area contributed by atoms with Crippen LogP contribution in [-0.4, -0.2) is 16.1 Å². The quantitative estimate of drug-likeness (QED) is 0.755. The first kappa shape index (κ1) is 9.40. The molecule has 1 N–H and O–H groups in total. The predicted octanol–water partition coefficient (Wildman–Crippen LogP) is 2.33. The molecule has 0 aliphatic rings. The van der Waals surface area contributed by atoms with Gasteiger partial charge in [-0.1, -0.05) is 12.1 Å². The molecular weight excluding hydrogens is 190 g/mol. The van der Waals surface area contributed by atoms with E-state index in [9.17, 15) is 4.79 Å². The molecule has 0 spiro atoms. The second-order valence-electron chi connectivity index (χ2n) is 3.13. The highest BCUT2D eigenvalue weighted by Crippen LogP contribution is 2.14. The van der Waals surface area contributed by atoms with Gasteiger partial charge in [-0.25, -0.2) is 4.79 Å². The topological polar surface area (TPSA) is 50.2 Å². The summed E-state index contributed by atoms with van der Waals surface area (Å²) in [6.07, 6.45) is 4.42. The molecule has 2 rings (SSSR count). The number of fused-ring (bicyclic) bond motifs is 1. The minimum absolute atomic E-state index is 0.859. The smallest absolute Gasteiger partial charge is 0.328 e. The Kier molecular flexibility index (Phi) is 2.46. The van der Waals surface area contributed by atoms with Gasteiger partial charge in [-0.15, -0.1) is 0 Å². The first-order chi connectivity index (χ1) is 7.25. The normalized spacial score (nSPS) is 10.9. The van der Waals surface area contributed by atoms with Crippen molar-refractivity contribution in [1.82, 2.24) is 4.98 Å². The number of carboxylic acids is 1. The van der Waals surface area contributed by atoms with Crippen LogP contribution in [-0.2, 0) is 4.79 Å². The highest BCUT2D eigenvalue weighted by molar-refractivity contribution is 5.87. The van der Waals surface area contributed by atoms with E-state index in [-0.39, 0.29) is 0 Å². The summed E-state index contributed by atoms with van der Waals surface area (Å²) < 4.78 is 0. The van der Waals surface area contributed by atoms with Crippen molar-refractivity contribution >= 4 is 22.9 Å². The monoisotopic (exact) mass is 199 g/mol. The van der Waals surface area contributed by atoms with Crippen molar-refractivity contribution in [2.45, 2.75) is 0 Å². The molecule has 3 nitrogen and oxygen atoms in total. The van der Waals surface area contributed by atoms with Gasteiger partial charge >= 0.3 is 5.97 Å². The fourth-order valence-corrected chi connectivity index (χ4v) is 1.37. The van der Waals surface area contributed by atoms with Crippen molar-refractivity contribution in [2.24, 2.45) is 0 Å². The molecule has 0 fully saturated rings. The number of aliphatic carboxylic acids is 1. The molecule has 15 heavy (non-hydrogen) atoms. The molecule has 0 atom stereocenters. The zero-order valence-electron chi connectivity index (χ0n) is 7.92. The highest BCUT2D eigenvalue weighted by atomic mass is 16.4. The van der Waals surface area contributed by atoms with Crippen LogP contribution in [0.1, 0.15) is 5.56 Å². The van der Waals surface area contributed by atoms with Crippen LogP contribution in [0.4, 0.5) is 0 Å². The molecule has 0 amide bonds. The Hall–Kier alpha value is -2.16. The molecule has 2 aromatic rings. The molecule has 1 aromatic carbocycles. The number of carbonyl (C=O) groups is 1. The third kappa shape index (κ3) is 2.20. The van der Waals surface area contributed by atoms with Crippen LogP contribution in [0.5, 0.6) is 0 Å². The zero-order valence-corrected chi connectivity index (χ0v) is 7.92. The standard InChI is InChI=1S/C12H9NO2/c14-12(15)6-4-9-3-5-11-10(8-9)2-1-7-13-11/h1-8H,(H,14,15)/b6-4-.